The molecule has 29 heavy (non-hydrogen) atoms. The van der Waals surface area contributed by atoms with E-state index in [9.17, 15) is 9.59 Å². The van der Waals surface area contributed by atoms with Gasteiger partial charge in [-0.15, -0.1) is 23.1 Å². The van der Waals surface area contributed by atoms with E-state index in [1.165, 1.54) is 35.1 Å². The molecule has 1 fully saturated rings. The third-order valence-electron chi connectivity index (χ3n) is 5.09. The maximum absolute atomic E-state index is 12.4. The number of amides is 2. The zero-order valence-electron chi connectivity index (χ0n) is 17.3. The first-order chi connectivity index (χ1) is 13.9. The van der Waals surface area contributed by atoms with Crippen LogP contribution < -0.4 is 5.32 Å². The fourth-order valence-electron chi connectivity index (χ4n) is 3.72. The number of nitrogens with zero attached hydrogens (tertiary/aromatic N) is 2. The van der Waals surface area contributed by atoms with E-state index in [4.69, 9.17) is 0 Å². The van der Waals surface area contributed by atoms with Crippen molar-refractivity contribution in [3.05, 3.63) is 35.2 Å². The molecule has 1 aromatic carbocycles. The van der Waals surface area contributed by atoms with Crippen LogP contribution in [0.3, 0.4) is 0 Å². The number of anilines is 1. The number of carbonyl (C=O) groups is 2. The number of likely N-dealkylation sites (tertiary alicyclic amines) is 1. The number of aryl methyl sites for hydroxylation is 1. The summed E-state index contributed by atoms with van der Waals surface area (Å²) >= 11 is 2.78. The Balaban J connectivity index is 1.44. The number of carbonyl (C=O) groups excluding carboxylic acids is 2. The van der Waals surface area contributed by atoms with E-state index in [-0.39, 0.29) is 17.6 Å². The van der Waals surface area contributed by atoms with E-state index in [0.29, 0.717) is 22.7 Å². The third-order valence-corrected chi connectivity index (χ3v) is 6.76. The van der Waals surface area contributed by atoms with Crippen LogP contribution >= 0.6 is 23.1 Å². The van der Waals surface area contributed by atoms with Gasteiger partial charge in [-0.25, -0.2) is 4.98 Å². The summed E-state index contributed by atoms with van der Waals surface area (Å²) in [6, 6.07) is 8.32. The van der Waals surface area contributed by atoms with Crippen molar-refractivity contribution in [3.63, 3.8) is 0 Å². The summed E-state index contributed by atoms with van der Waals surface area (Å²) in [5, 5.41) is 5.39. The standard InChI is InChI=1S/C22H29N3O2S2/c1-4-17-5-7-18(8-6-17)19-12-29-22(23-19)24-20(26)13-28-14-21(27)25-10-15(2)9-16(3)11-25/h5-8,12,15-16H,4,9-11,13-14H2,1-3H3,(H,23,24,26). The number of hydrogen-bond donors (Lipinski definition) is 1. The number of thiazole rings is 1. The summed E-state index contributed by atoms with van der Waals surface area (Å²) in [7, 11) is 0. The smallest absolute Gasteiger partial charge is 0.236 e. The minimum atomic E-state index is -0.120. The molecule has 3 rings (SSSR count). The molecule has 2 aromatic rings. The van der Waals surface area contributed by atoms with E-state index in [0.717, 1.165) is 30.8 Å². The van der Waals surface area contributed by atoms with Crippen molar-refractivity contribution in [2.75, 3.05) is 29.9 Å². The number of thioether (sulfide) groups is 1. The number of nitrogens with one attached hydrogen (secondary N) is 1. The number of rotatable bonds is 7. The Morgan fingerprint density at radius 1 is 1.17 bits per heavy atom. The van der Waals surface area contributed by atoms with Crippen molar-refractivity contribution >= 4 is 40.0 Å². The van der Waals surface area contributed by atoms with Gasteiger partial charge in [-0.1, -0.05) is 45.0 Å². The molecule has 2 heterocycles. The van der Waals surface area contributed by atoms with Crippen molar-refractivity contribution in [3.8, 4) is 11.3 Å². The molecule has 7 heteroatoms. The Bertz CT molecular complexity index is 825. The molecule has 5 nitrogen and oxygen atoms in total. The zero-order valence-corrected chi connectivity index (χ0v) is 18.9. The Labute approximate surface area is 181 Å². The summed E-state index contributed by atoms with van der Waals surface area (Å²) in [4.78, 5) is 31.1. The van der Waals surface area contributed by atoms with Crippen molar-refractivity contribution < 1.29 is 9.59 Å². The molecule has 2 atom stereocenters. The molecule has 156 valence electrons. The largest absolute Gasteiger partial charge is 0.341 e. The summed E-state index contributed by atoms with van der Waals surface area (Å²) in [5.41, 5.74) is 3.20. The Morgan fingerprint density at radius 2 is 1.86 bits per heavy atom. The molecular weight excluding hydrogens is 402 g/mol. The van der Waals surface area contributed by atoms with Gasteiger partial charge in [0.15, 0.2) is 5.13 Å². The summed E-state index contributed by atoms with van der Waals surface area (Å²) in [6.07, 6.45) is 2.19. The lowest BCUT2D eigenvalue weighted by atomic mass is 9.92. The van der Waals surface area contributed by atoms with Gasteiger partial charge >= 0.3 is 0 Å². The molecule has 0 spiro atoms. The highest BCUT2D eigenvalue weighted by molar-refractivity contribution is 8.00. The second kappa shape index (κ2) is 10.3. The van der Waals surface area contributed by atoms with E-state index >= 15 is 0 Å². The molecule has 2 unspecified atom stereocenters. The van der Waals surface area contributed by atoms with Gasteiger partial charge in [0.25, 0.3) is 0 Å². The van der Waals surface area contributed by atoms with Crippen molar-refractivity contribution in [2.45, 2.75) is 33.6 Å². The molecule has 0 saturated carbocycles. The van der Waals surface area contributed by atoms with Crippen LogP contribution in [0.15, 0.2) is 29.6 Å². The molecule has 0 radical (unpaired) electrons. The molecule has 1 aromatic heterocycles. The molecule has 1 saturated heterocycles. The van der Waals surface area contributed by atoms with E-state index < -0.39 is 0 Å². The van der Waals surface area contributed by atoms with Crippen LogP contribution in [-0.4, -0.2) is 46.3 Å². The number of benzene rings is 1. The average Bonchev–Trinajstić information content (AvgIpc) is 3.15. The van der Waals surface area contributed by atoms with E-state index in [1.54, 1.807) is 0 Å². The highest BCUT2D eigenvalue weighted by Gasteiger charge is 2.25. The minimum Gasteiger partial charge on any atom is -0.341 e. The summed E-state index contributed by atoms with van der Waals surface area (Å²) in [6.45, 7) is 8.17. The van der Waals surface area contributed by atoms with Gasteiger partial charge in [-0.05, 0) is 30.2 Å². The highest BCUT2D eigenvalue weighted by Crippen LogP contribution is 2.25. The van der Waals surface area contributed by atoms with Crippen LogP contribution in [0.2, 0.25) is 0 Å². The Hall–Kier alpha value is -1.86. The number of aromatic nitrogens is 1. The molecule has 1 N–H and O–H groups in total. The zero-order chi connectivity index (χ0) is 20.8. The van der Waals surface area contributed by atoms with Crippen LogP contribution in [0.4, 0.5) is 5.13 Å². The maximum Gasteiger partial charge on any atom is 0.236 e. The number of hydrogen-bond acceptors (Lipinski definition) is 5. The molecule has 1 aliphatic heterocycles. The van der Waals surface area contributed by atoms with Gasteiger partial charge in [0.2, 0.25) is 11.8 Å². The highest BCUT2D eigenvalue weighted by atomic mass is 32.2. The van der Waals surface area contributed by atoms with Gasteiger partial charge < -0.3 is 10.2 Å². The Morgan fingerprint density at radius 3 is 2.52 bits per heavy atom. The third kappa shape index (κ3) is 6.31. The van der Waals surface area contributed by atoms with Crippen molar-refractivity contribution in [1.82, 2.24) is 9.88 Å². The van der Waals surface area contributed by atoms with E-state index in [1.807, 2.05) is 10.3 Å². The molecule has 2 amide bonds. The number of piperidine rings is 1. The lowest BCUT2D eigenvalue weighted by Crippen LogP contribution is -2.43. The lowest BCUT2D eigenvalue weighted by Gasteiger charge is -2.35. The van der Waals surface area contributed by atoms with E-state index in [2.05, 4.69) is 55.3 Å². The molecule has 1 aliphatic rings. The minimum absolute atomic E-state index is 0.120. The SMILES string of the molecule is CCc1ccc(-c2csc(NC(=O)CSCC(=O)N3CC(C)CC(C)C3)n2)cc1. The first-order valence-corrected chi connectivity index (χ1v) is 12.2. The van der Waals surface area contributed by atoms with Gasteiger partial charge in [0.1, 0.15) is 0 Å². The maximum atomic E-state index is 12.4. The van der Waals surface area contributed by atoms with Crippen molar-refractivity contribution in [2.24, 2.45) is 11.8 Å². The lowest BCUT2D eigenvalue weighted by molar-refractivity contribution is -0.130. The van der Waals surface area contributed by atoms with Crippen LogP contribution in [0.25, 0.3) is 11.3 Å². The second-order valence-electron chi connectivity index (χ2n) is 7.87. The predicted molar refractivity (Wildman–Crippen MR) is 122 cm³/mol. The first-order valence-electron chi connectivity index (χ1n) is 10.1. The van der Waals surface area contributed by atoms with Gasteiger partial charge in [0.05, 0.1) is 17.2 Å². The van der Waals surface area contributed by atoms with Crippen LogP contribution in [0, 0.1) is 11.8 Å². The fourth-order valence-corrected chi connectivity index (χ4v) is 5.17. The fraction of sp³-hybridized carbons (Fsp3) is 0.500. The van der Waals surface area contributed by atoms with Gasteiger partial charge in [0, 0.05) is 24.0 Å². The predicted octanol–water partition coefficient (Wildman–Crippen LogP) is 4.55. The first kappa shape index (κ1) is 21.8. The summed E-state index contributed by atoms with van der Waals surface area (Å²) in [5.74, 6) is 1.71. The average molecular weight is 432 g/mol. The Kier molecular flexibility index (Phi) is 7.72. The molecule has 0 bridgehead atoms. The summed E-state index contributed by atoms with van der Waals surface area (Å²) < 4.78 is 0. The van der Waals surface area contributed by atoms with Crippen LogP contribution in [-0.2, 0) is 16.0 Å². The normalized spacial score (nSPS) is 19.2. The molecule has 0 aliphatic carbocycles. The molecular formula is C22H29N3O2S2. The quantitative estimate of drug-likeness (QED) is 0.699. The van der Waals surface area contributed by atoms with Crippen molar-refractivity contribution in [1.29, 1.82) is 0 Å². The van der Waals surface area contributed by atoms with Gasteiger partial charge in [-0.2, -0.15) is 0 Å². The topological polar surface area (TPSA) is 62.3 Å². The van der Waals surface area contributed by atoms with Gasteiger partial charge in [-0.3, -0.25) is 9.59 Å². The van der Waals surface area contributed by atoms with Crippen LogP contribution in [0.1, 0.15) is 32.8 Å². The monoisotopic (exact) mass is 431 g/mol. The second-order valence-corrected chi connectivity index (χ2v) is 9.72. The van der Waals surface area contributed by atoms with Crippen LogP contribution in [0.5, 0.6) is 0 Å².